The van der Waals surface area contributed by atoms with E-state index < -0.39 is 0 Å². The van der Waals surface area contributed by atoms with Crippen LogP contribution in [-0.4, -0.2) is 43.5 Å². The number of Topliss-reactive ketones (excluding diaryl/α,β-unsaturated/α-hetero) is 1. The third-order valence-electron chi connectivity index (χ3n) is 4.65. The van der Waals surface area contributed by atoms with Crippen LogP contribution in [0.3, 0.4) is 0 Å². The average Bonchev–Trinajstić information content (AvgIpc) is 2.36. The predicted octanol–water partition coefficient (Wildman–Crippen LogP) is 2.98. The lowest BCUT2D eigenvalue weighted by molar-refractivity contribution is -0.129. The van der Waals surface area contributed by atoms with Crippen LogP contribution in [0, 0.1) is 17.8 Å². The van der Waals surface area contributed by atoms with Crippen LogP contribution in [-0.2, 0) is 9.53 Å². The Morgan fingerprint density at radius 1 is 1.42 bits per heavy atom. The predicted molar refractivity (Wildman–Crippen MR) is 79.3 cm³/mol. The van der Waals surface area contributed by atoms with Crippen LogP contribution >= 0.6 is 0 Å². The second-order valence-electron chi connectivity index (χ2n) is 6.34. The molecular weight excluding hydrogens is 238 g/mol. The largest absolute Gasteiger partial charge is 0.383 e. The Morgan fingerprint density at radius 2 is 2.11 bits per heavy atom. The summed E-state index contributed by atoms with van der Waals surface area (Å²) in [6.07, 6.45) is 3.08. The van der Waals surface area contributed by atoms with Crippen LogP contribution in [0.5, 0.6) is 0 Å². The number of ketones is 1. The zero-order valence-corrected chi connectivity index (χ0v) is 13.3. The minimum atomic E-state index is 0.224. The topological polar surface area (TPSA) is 29.5 Å². The molecule has 0 heterocycles. The first-order chi connectivity index (χ1) is 8.99. The molecule has 19 heavy (non-hydrogen) atoms. The van der Waals surface area contributed by atoms with Crippen molar-refractivity contribution in [2.24, 2.45) is 17.8 Å². The third kappa shape index (κ3) is 4.88. The molecule has 0 N–H and O–H groups in total. The van der Waals surface area contributed by atoms with Crippen LogP contribution in [0.4, 0.5) is 0 Å². The molecule has 0 aromatic rings. The number of carbonyl (C=O) groups is 1. The molecule has 3 nitrogen and oxygen atoms in total. The Bertz CT molecular complexity index is 280. The SMILES string of the molecule is CCC(C)N(CCOC)CC1C(=O)CC(C)CC1C. The van der Waals surface area contributed by atoms with E-state index in [2.05, 4.69) is 32.6 Å². The molecule has 1 aliphatic carbocycles. The van der Waals surface area contributed by atoms with Crippen LogP contribution in [0.1, 0.15) is 47.0 Å². The smallest absolute Gasteiger partial charge is 0.137 e. The first kappa shape index (κ1) is 16.6. The molecule has 0 bridgehead atoms. The van der Waals surface area contributed by atoms with Gasteiger partial charge in [0.1, 0.15) is 5.78 Å². The van der Waals surface area contributed by atoms with Gasteiger partial charge in [-0.1, -0.05) is 20.8 Å². The molecule has 4 unspecified atom stereocenters. The summed E-state index contributed by atoms with van der Waals surface area (Å²) in [6.45, 7) is 11.5. The van der Waals surface area contributed by atoms with E-state index in [0.29, 0.717) is 23.7 Å². The van der Waals surface area contributed by atoms with Gasteiger partial charge in [0.2, 0.25) is 0 Å². The summed E-state index contributed by atoms with van der Waals surface area (Å²) in [6, 6.07) is 0.523. The monoisotopic (exact) mass is 269 g/mol. The fraction of sp³-hybridized carbons (Fsp3) is 0.938. The average molecular weight is 269 g/mol. The Morgan fingerprint density at radius 3 is 2.63 bits per heavy atom. The highest BCUT2D eigenvalue weighted by molar-refractivity contribution is 5.82. The van der Waals surface area contributed by atoms with Gasteiger partial charge < -0.3 is 4.74 Å². The van der Waals surface area contributed by atoms with Gasteiger partial charge in [-0.25, -0.2) is 0 Å². The van der Waals surface area contributed by atoms with Crippen LogP contribution in [0.2, 0.25) is 0 Å². The molecule has 1 rings (SSSR count). The standard InChI is InChI=1S/C16H31NO2/c1-6-14(4)17(7-8-19-5)11-15-13(3)9-12(2)10-16(15)18/h12-15H,6-11H2,1-5H3. The Kier molecular flexibility index (Phi) is 7.01. The molecule has 0 spiro atoms. The Balaban J connectivity index is 2.63. The van der Waals surface area contributed by atoms with E-state index in [1.165, 1.54) is 6.42 Å². The first-order valence-corrected chi connectivity index (χ1v) is 7.75. The molecule has 1 aliphatic rings. The molecular formula is C16H31NO2. The third-order valence-corrected chi connectivity index (χ3v) is 4.65. The highest BCUT2D eigenvalue weighted by Crippen LogP contribution is 2.31. The van der Waals surface area contributed by atoms with Crippen molar-refractivity contribution in [3.8, 4) is 0 Å². The minimum Gasteiger partial charge on any atom is -0.383 e. The van der Waals surface area contributed by atoms with E-state index in [4.69, 9.17) is 4.74 Å². The van der Waals surface area contributed by atoms with Gasteiger partial charge in [0, 0.05) is 38.6 Å². The molecule has 0 aromatic heterocycles. The lowest BCUT2D eigenvalue weighted by Gasteiger charge is -2.37. The fourth-order valence-corrected chi connectivity index (χ4v) is 3.19. The number of nitrogens with zero attached hydrogens (tertiary/aromatic N) is 1. The molecule has 0 radical (unpaired) electrons. The number of hydrogen-bond acceptors (Lipinski definition) is 3. The summed E-state index contributed by atoms with van der Waals surface area (Å²) < 4.78 is 5.20. The van der Waals surface area contributed by atoms with Crippen LogP contribution in [0.25, 0.3) is 0 Å². The van der Waals surface area contributed by atoms with Crippen LogP contribution in [0.15, 0.2) is 0 Å². The second kappa shape index (κ2) is 8.01. The number of methoxy groups -OCH3 is 1. The number of carbonyl (C=O) groups excluding carboxylic acids is 1. The molecule has 1 fully saturated rings. The van der Waals surface area contributed by atoms with E-state index in [1.807, 2.05) is 0 Å². The lowest BCUT2D eigenvalue weighted by atomic mass is 9.74. The molecule has 1 saturated carbocycles. The van der Waals surface area contributed by atoms with E-state index >= 15 is 0 Å². The molecule has 0 amide bonds. The quantitative estimate of drug-likeness (QED) is 0.711. The summed E-state index contributed by atoms with van der Waals surface area (Å²) >= 11 is 0. The molecule has 112 valence electrons. The molecule has 3 heteroatoms. The normalized spacial score (nSPS) is 29.8. The van der Waals surface area contributed by atoms with Gasteiger partial charge in [0.15, 0.2) is 0 Å². The summed E-state index contributed by atoms with van der Waals surface area (Å²) in [5, 5.41) is 0. The highest BCUT2D eigenvalue weighted by atomic mass is 16.5. The summed E-state index contributed by atoms with van der Waals surface area (Å²) in [4.78, 5) is 14.7. The van der Waals surface area contributed by atoms with E-state index in [-0.39, 0.29) is 5.92 Å². The van der Waals surface area contributed by atoms with Crippen molar-refractivity contribution < 1.29 is 9.53 Å². The minimum absolute atomic E-state index is 0.224. The van der Waals surface area contributed by atoms with E-state index in [9.17, 15) is 4.79 Å². The zero-order valence-electron chi connectivity index (χ0n) is 13.3. The van der Waals surface area contributed by atoms with Gasteiger partial charge in [-0.05, 0) is 31.6 Å². The number of hydrogen-bond donors (Lipinski definition) is 0. The molecule has 0 aliphatic heterocycles. The van der Waals surface area contributed by atoms with Gasteiger partial charge in [-0.15, -0.1) is 0 Å². The van der Waals surface area contributed by atoms with Crippen molar-refractivity contribution in [3.05, 3.63) is 0 Å². The summed E-state index contributed by atoms with van der Waals surface area (Å²) in [5.41, 5.74) is 0. The molecule has 0 aromatic carbocycles. The first-order valence-electron chi connectivity index (χ1n) is 7.75. The fourth-order valence-electron chi connectivity index (χ4n) is 3.19. The van der Waals surface area contributed by atoms with Gasteiger partial charge in [-0.2, -0.15) is 0 Å². The number of rotatable bonds is 7. The Hall–Kier alpha value is -0.410. The van der Waals surface area contributed by atoms with E-state index in [1.54, 1.807) is 7.11 Å². The van der Waals surface area contributed by atoms with Gasteiger partial charge in [-0.3, -0.25) is 9.69 Å². The maximum Gasteiger partial charge on any atom is 0.137 e. The van der Waals surface area contributed by atoms with Crippen molar-refractivity contribution in [1.82, 2.24) is 4.90 Å². The summed E-state index contributed by atoms with van der Waals surface area (Å²) in [5.74, 6) is 1.78. The zero-order chi connectivity index (χ0) is 14.4. The highest BCUT2D eigenvalue weighted by Gasteiger charge is 2.34. The van der Waals surface area contributed by atoms with Gasteiger partial charge >= 0.3 is 0 Å². The second-order valence-corrected chi connectivity index (χ2v) is 6.34. The molecule has 4 atom stereocenters. The van der Waals surface area contributed by atoms with Crippen molar-refractivity contribution in [1.29, 1.82) is 0 Å². The maximum absolute atomic E-state index is 12.3. The van der Waals surface area contributed by atoms with E-state index in [0.717, 1.165) is 32.5 Å². The van der Waals surface area contributed by atoms with Crippen molar-refractivity contribution >= 4 is 5.78 Å². The number of ether oxygens (including phenoxy) is 1. The van der Waals surface area contributed by atoms with Crippen molar-refractivity contribution in [2.45, 2.75) is 53.0 Å². The van der Waals surface area contributed by atoms with Gasteiger partial charge in [0.25, 0.3) is 0 Å². The summed E-state index contributed by atoms with van der Waals surface area (Å²) in [7, 11) is 1.74. The van der Waals surface area contributed by atoms with Crippen molar-refractivity contribution in [2.75, 3.05) is 26.8 Å². The lowest BCUT2D eigenvalue weighted by Crippen LogP contribution is -2.44. The van der Waals surface area contributed by atoms with Crippen LogP contribution < -0.4 is 0 Å². The maximum atomic E-state index is 12.3. The van der Waals surface area contributed by atoms with Gasteiger partial charge in [0.05, 0.1) is 6.61 Å². The van der Waals surface area contributed by atoms with Crippen molar-refractivity contribution in [3.63, 3.8) is 0 Å². The molecule has 0 saturated heterocycles. The Labute approximate surface area is 118 Å².